The Morgan fingerprint density at radius 2 is 1.02 bits per heavy atom. The van der Waals surface area contributed by atoms with Crippen LogP contribution in [0.4, 0.5) is 0 Å². The highest BCUT2D eigenvalue weighted by Crippen LogP contribution is 2.34. The maximum absolute atomic E-state index is 11.0. The van der Waals surface area contributed by atoms with Gasteiger partial charge in [0, 0.05) is 18.8 Å². The fourth-order valence-electron chi connectivity index (χ4n) is 8.00. The van der Waals surface area contributed by atoms with Crippen molar-refractivity contribution in [3.63, 3.8) is 0 Å². The minimum Gasteiger partial charge on any atom is -0.387 e. The second-order valence-corrected chi connectivity index (χ2v) is 16.8. The van der Waals surface area contributed by atoms with E-state index >= 15 is 0 Å². The molecule has 2 unspecified atom stereocenters. The van der Waals surface area contributed by atoms with E-state index in [2.05, 4.69) is 13.8 Å². The van der Waals surface area contributed by atoms with Crippen LogP contribution in [0.2, 0.25) is 0 Å². The van der Waals surface area contributed by atoms with E-state index in [0.29, 0.717) is 19.8 Å². The van der Waals surface area contributed by atoms with Crippen molar-refractivity contribution in [2.75, 3.05) is 33.0 Å². The molecule has 0 saturated carbocycles. The van der Waals surface area contributed by atoms with Crippen molar-refractivity contribution in [2.24, 2.45) is 0 Å². The van der Waals surface area contributed by atoms with Crippen LogP contribution in [0.25, 0.3) is 0 Å². The van der Waals surface area contributed by atoms with Crippen LogP contribution in [-0.4, -0.2) is 80.1 Å². The van der Waals surface area contributed by atoms with Crippen molar-refractivity contribution in [3.8, 4) is 0 Å². The second-order valence-electron chi connectivity index (χ2n) is 16.8. The summed E-state index contributed by atoms with van der Waals surface area (Å²) in [6, 6.07) is 9.61. The quantitative estimate of drug-likeness (QED) is 0.0643. The third-order valence-electron chi connectivity index (χ3n) is 11.6. The Kier molecular flexibility index (Phi) is 29.6. The van der Waals surface area contributed by atoms with Gasteiger partial charge >= 0.3 is 0 Å². The Hall–Kier alpha value is -1.10. The lowest BCUT2D eigenvalue weighted by atomic mass is 9.98. The van der Waals surface area contributed by atoms with Crippen LogP contribution in [0.5, 0.6) is 0 Å². The van der Waals surface area contributed by atoms with Gasteiger partial charge in [0.2, 0.25) is 0 Å². The summed E-state index contributed by atoms with van der Waals surface area (Å²) in [7, 11) is 0. The fourth-order valence-corrected chi connectivity index (χ4v) is 8.00. The monoisotopic (exact) mass is 791 g/mol. The van der Waals surface area contributed by atoms with Crippen molar-refractivity contribution in [2.45, 2.75) is 237 Å². The molecular weight excluding hydrogens is 705 g/mol. The van der Waals surface area contributed by atoms with Crippen molar-refractivity contribution in [1.82, 2.24) is 0 Å². The third kappa shape index (κ3) is 22.3. The number of hydrogen-bond donors (Lipinski definition) is 2. The van der Waals surface area contributed by atoms with Gasteiger partial charge in [-0.15, -0.1) is 0 Å². The minimum absolute atomic E-state index is 0.206. The number of fused-ring (bicyclic) bond motifs is 1. The van der Waals surface area contributed by atoms with E-state index in [0.717, 1.165) is 24.8 Å². The Labute approximate surface area is 343 Å². The van der Waals surface area contributed by atoms with E-state index < -0.39 is 37.0 Å². The van der Waals surface area contributed by atoms with E-state index in [1.165, 1.54) is 161 Å². The number of rotatable bonds is 37. The molecule has 7 atom stereocenters. The molecule has 8 nitrogen and oxygen atoms in total. The van der Waals surface area contributed by atoms with E-state index in [4.69, 9.17) is 28.4 Å². The van der Waals surface area contributed by atoms with Crippen LogP contribution in [0.3, 0.4) is 0 Å². The molecule has 2 N–H and O–H groups in total. The van der Waals surface area contributed by atoms with Crippen molar-refractivity contribution in [1.29, 1.82) is 0 Å². The van der Waals surface area contributed by atoms with Gasteiger partial charge in [0.1, 0.15) is 30.5 Å². The molecule has 0 bridgehead atoms. The van der Waals surface area contributed by atoms with Crippen LogP contribution in [-0.2, 0) is 28.4 Å². The Morgan fingerprint density at radius 3 is 1.52 bits per heavy atom. The molecular formula is C48H86O8. The summed E-state index contributed by atoms with van der Waals surface area (Å²) in [6.07, 6.45) is 31.6. The van der Waals surface area contributed by atoms with Crippen LogP contribution in [0, 0.1) is 0 Å². The molecule has 56 heavy (non-hydrogen) atoms. The van der Waals surface area contributed by atoms with E-state index in [1.807, 2.05) is 30.3 Å². The first-order valence-corrected chi connectivity index (χ1v) is 23.8. The summed E-state index contributed by atoms with van der Waals surface area (Å²) in [5, 5.41) is 22.0. The standard InChI is InChI=1S/C48H86O8/c1-3-5-7-9-11-13-15-17-19-21-23-25-27-32-36-51-38-42(52-37-33-28-26-24-22-20-18-16-14-12-10-8-6-4-2)39-53-48-45(50)44(49)46-43(55-48)40-54-47(56-46)41-34-30-29-31-35-41/h29-31,34-35,42-50H,3-28,32-33,36-40H2,1-2H3/t42?,43-,44-,45-,46+,47?,48-/m1/s1. The first kappa shape index (κ1) is 49.3. The number of ether oxygens (including phenoxy) is 6. The molecule has 2 aliphatic heterocycles. The van der Waals surface area contributed by atoms with Gasteiger partial charge in [-0.3, -0.25) is 0 Å². The van der Waals surface area contributed by atoms with Gasteiger partial charge in [-0.05, 0) is 12.8 Å². The molecule has 2 aliphatic rings. The predicted octanol–water partition coefficient (Wildman–Crippen LogP) is 11.9. The van der Waals surface area contributed by atoms with Crippen molar-refractivity contribution < 1.29 is 38.6 Å². The van der Waals surface area contributed by atoms with Gasteiger partial charge in [0.05, 0.1) is 19.8 Å². The summed E-state index contributed by atoms with van der Waals surface area (Å²) in [5.41, 5.74) is 0.860. The molecule has 0 aliphatic carbocycles. The van der Waals surface area contributed by atoms with E-state index in [-0.39, 0.29) is 19.3 Å². The molecule has 0 radical (unpaired) electrons. The number of aliphatic hydroxyl groups excluding tert-OH is 2. The van der Waals surface area contributed by atoms with Gasteiger partial charge in [0.25, 0.3) is 0 Å². The molecule has 2 fully saturated rings. The molecule has 0 aromatic heterocycles. The molecule has 0 amide bonds. The highest BCUT2D eigenvalue weighted by Gasteiger charge is 2.49. The summed E-state index contributed by atoms with van der Waals surface area (Å²) in [6.45, 7) is 6.79. The number of benzene rings is 1. The number of hydrogen-bond acceptors (Lipinski definition) is 8. The van der Waals surface area contributed by atoms with E-state index in [1.54, 1.807) is 0 Å². The van der Waals surface area contributed by atoms with Crippen LogP contribution in [0.1, 0.15) is 205 Å². The molecule has 326 valence electrons. The van der Waals surface area contributed by atoms with E-state index in [9.17, 15) is 10.2 Å². The highest BCUT2D eigenvalue weighted by atomic mass is 16.8. The van der Waals surface area contributed by atoms with Crippen molar-refractivity contribution >= 4 is 0 Å². The second kappa shape index (κ2) is 33.7. The zero-order valence-electron chi connectivity index (χ0n) is 36.1. The first-order valence-electron chi connectivity index (χ1n) is 23.8. The van der Waals surface area contributed by atoms with Gasteiger partial charge in [-0.1, -0.05) is 211 Å². The summed E-state index contributed by atoms with van der Waals surface area (Å²) >= 11 is 0. The Morgan fingerprint density at radius 1 is 0.554 bits per heavy atom. The fraction of sp³-hybridized carbons (Fsp3) is 0.875. The maximum Gasteiger partial charge on any atom is 0.186 e. The zero-order valence-corrected chi connectivity index (χ0v) is 36.1. The van der Waals surface area contributed by atoms with Crippen LogP contribution >= 0.6 is 0 Å². The molecule has 0 spiro atoms. The molecule has 1 aromatic rings. The molecule has 2 saturated heterocycles. The topological polar surface area (TPSA) is 95.8 Å². The molecule has 3 rings (SSSR count). The number of unbranched alkanes of at least 4 members (excludes halogenated alkanes) is 26. The molecule has 8 heteroatoms. The van der Waals surface area contributed by atoms with Gasteiger partial charge in [-0.25, -0.2) is 0 Å². The van der Waals surface area contributed by atoms with Gasteiger partial charge in [0.15, 0.2) is 12.6 Å². The predicted molar refractivity (Wildman–Crippen MR) is 228 cm³/mol. The van der Waals surface area contributed by atoms with Crippen LogP contribution in [0.15, 0.2) is 30.3 Å². The molecule has 1 aromatic carbocycles. The average Bonchev–Trinajstić information content (AvgIpc) is 3.22. The normalized spacial score (nSPS) is 23.0. The number of aliphatic hydroxyl groups is 2. The Bertz CT molecular complexity index is 995. The smallest absolute Gasteiger partial charge is 0.186 e. The van der Waals surface area contributed by atoms with Gasteiger partial charge in [-0.2, -0.15) is 0 Å². The lowest BCUT2D eigenvalue weighted by Crippen LogP contribution is -2.62. The first-order chi connectivity index (χ1) is 27.6. The maximum atomic E-state index is 11.0. The van der Waals surface area contributed by atoms with Gasteiger partial charge < -0.3 is 38.6 Å². The molecule has 2 heterocycles. The highest BCUT2D eigenvalue weighted by molar-refractivity contribution is 5.16. The summed E-state index contributed by atoms with van der Waals surface area (Å²) in [4.78, 5) is 0. The Balaban J connectivity index is 1.29. The van der Waals surface area contributed by atoms with Crippen molar-refractivity contribution in [3.05, 3.63) is 35.9 Å². The average molecular weight is 791 g/mol. The SMILES string of the molecule is CCCCCCCCCCCCCCCCOCC(CO[C@@H]1O[C@@H]2COC(c3ccccc3)O[C@@H]2[C@H](O)[C@H]1O)OCCCCCCCCCCCCCCCC. The van der Waals surface area contributed by atoms with Crippen LogP contribution < -0.4 is 0 Å². The zero-order chi connectivity index (χ0) is 39.7. The lowest BCUT2D eigenvalue weighted by molar-refractivity contribution is -0.363. The summed E-state index contributed by atoms with van der Waals surface area (Å²) in [5.74, 6) is 0. The largest absolute Gasteiger partial charge is 0.387 e. The third-order valence-corrected chi connectivity index (χ3v) is 11.6. The minimum atomic E-state index is -1.26. The summed E-state index contributed by atoms with van der Waals surface area (Å²) < 4.78 is 36.6. The lowest BCUT2D eigenvalue weighted by Gasteiger charge is -2.46.